The molecule has 0 saturated carbocycles. The highest BCUT2D eigenvalue weighted by molar-refractivity contribution is 9.10. The van der Waals surface area contributed by atoms with Crippen molar-refractivity contribution in [1.29, 1.82) is 0 Å². The number of halogens is 1. The first-order valence-electron chi connectivity index (χ1n) is 6.26. The summed E-state index contributed by atoms with van der Waals surface area (Å²) in [5.41, 5.74) is 5.69. The fourth-order valence-corrected chi connectivity index (χ4v) is 3.16. The van der Waals surface area contributed by atoms with Gasteiger partial charge in [0.05, 0.1) is 16.4 Å². The number of nitrogens with zero attached hydrogens (tertiary/aromatic N) is 2. The number of thiazole rings is 1. The largest absolute Gasteiger partial charge is 0.507 e. The molecule has 0 fully saturated rings. The van der Waals surface area contributed by atoms with E-state index < -0.39 is 0 Å². The standard InChI is InChI=1S/C15H12BrN3OS/c1-9-2-4-12-14(6-9)21-15(18-12)19-17-8-10-7-11(16)3-5-13(10)20/h2-8,20H,1H3,(H,18,19). The maximum Gasteiger partial charge on any atom is 0.204 e. The SMILES string of the molecule is Cc1ccc2nc(NN=Cc3cc(Br)ccc3O)sc2c1. The smallest absolute Gasteiger partial charge is 0.204 e. The molecule has 2 aromatic carbocycles. The Hall–Kier alpha value is -1.92. The van der Waals surface area contributed by atoms with Crippen molar-refractivity contribution in [3.05, 3.63) is 52.0 Å². The Morgan fingerprint density at radius 3 is 3.00 bits per heavy atom. The van der Waals surface area contributed by atoms with E-state index >= 15 is 0 Å². The number of aryl methyl sites for hydroxylation is 1. The molecule has 0 unspecified atom stereocenters. The Morgan fingerprint density at radius 2 is 2.14 bits per heavy atom. The first-order chi connectivity index (χ1) is 10.1. The summed E-state index contributed by atoms with van der Waals surface area (Å²) in [5, 5.41) is 14.6. The van der Waals surface area contributed by atoms with E-state index in [-0.39, 0.29) is 5.75 Å². The summed E-state index contributed by atoms with van der Waals surface area (Å²) in [6.07, 6.45) is 1.57. The van der Waals surface area contributed by atoms with Crippen LogP contribution < -0.4 is 5.43 Å². The third-order valence-corrected chi connectivity index (χ3v) is 4.31. The molecular weight excluding hydrogens is 350 g/mol. The van der Waals surface area contributed by atoms with Gasteiger partial charge in [-0.15, -0.1) is 0 Å². The Kier molecular flexibility index (Phi) is 3.90. The fraction of sp³-hybridized carbons (Fsp3) is 0.0667. The molecule has 106 valence electrons. The highest BCUT2D eigenvalue weighted by Crippen LogP contribution is 2.26. The molecule has 6 heteroatoms. The Labute approximate surface area is 134 Å². The first kappa shape index (κ1) is 14.0. The minimum absolute atomic E-state index is 0.184. The van der Waals surface area contributed by atoms with Crippen molar-refractivity contribution in [2.75, 3.05) is 5.43 Å². The van der Waals surface area contributed by atoms with Gasteiger partial charge < -0.3 is 5.11 Å². The van der Waals surface area contributed by atoms with Crippen LogP contribution in [-0.4, -0.2) is 16.3 Å². The molecule has 0 spiro atoms. The Balaban J connectivity index is 1.79. The number of fused-ring (bicyclic) bond motifs is 1. The van der Waals surface area contributed by atoms with Crippen LogP contribution in [0.25, 0.3) is 10.2 Å². The summed E-state index contributed by atoms with van der Waals surface area (Å²) < 4.78 is 2.01. The molecule has 0 aliphatic carbocycles. The Bertz CT molecular complexity index is 829. The molecular formula is C15H12BrN3OS. The number of hydrogen-bond acceptors (Lipinski definition) is 5. The molecule has 3 rings (SSSR count). The highest BCUT2D eigenvalue weighted by atomic mass is 79.9. The number of phenolic OH excluding ortho intramolecular Hbond substituents is 1. The van der Waals surface area contributed by atoms with Crippen molar-refractivity contribution in [2.45, 2.75) is 6.92 Å². The molecule has 1 aromatic heterocycles. The molecule has 3 aromatic rings. The molecule has 0 saturated heterocycles. The number of hydrogen-bond donors (Lipinski definition) is 2. The lowest BCUT2D eigenvalue weighted by Gasteiger charge is -1.99. The molecule has 0 aliphatic heterocycles. The monoisotopic (exact) mass is 361 g/mol. The molecule has 0 atom stereocenters. The van der Waals surface area contributed by atoms with Gasteiger partial charge in [-0.3, -0.25) is 5.43 Å². The number of rotatable bonds is 3. The lowest BCUT2D eigenvalue weighted by atomic mass is 10.2. The number of nitrogens with one attached hydrogen (secondary N) is 1. The summed E-state index contributed by atoms with van der Waals surface area (Å²) in [5.74, 6) is 0.184. The topological polar surface area (TPSA) is 57.5 Å². The third-order valence-electron chi connectivity index (χ3n) is 2.90. The predicted octanol–water partition coefficient (Wildman–Crippen LogP) is 4.52. The van der Waals surface area contributed by atoms with E-state index in [0.29, 0.717) is 5.56 Å². The summed E-state index contributed by atoms with van der Waals surface area (Å²) in [6, 6.07) is 11.3. The Morgan fingerprint density at radius 1 is 1.29 bits per heavy atom. The van der Waals surface area contributed by atoms with E-state index in [1.165, 1.54) is 5.56 Å². The second kappa shape index (κ2) is 5.83. The quantitative estimate of drug-likeness (QED) is 0.532. The van der Waals surface area contributed by atoms with Gasteiger partial charge in [0, 0.05) is 10.0 Å². The van der Waals surface area contributed by atoms with Crippen LogP contribution in [0, 0.1) is 6.92 Å². The van der Waals surface area contributed by atoms with Crippen LogP contribution in [0.1, 0.15) is 11.1 Å². The van der Waals surface area contributed by atoms with Crippen LogP contribution in [0.15, 0.2) is 46.0 Å². The second-order valence-electron chi connectivity index (χ2n) is 4.56. The van der Waals surface area contributed by atoms with Crippen molar-refractivity contribution in [3.8, 4) is 5.75 Å². The van der Waals surface area contributed by atoms with Gasteiger partial charge in [0.25, 0.3) is 0 Å². The van der Waals surface area contributed by atoms with Gasteiger partial charge in [0.1, 0.15) is 5.75 Å². The van der Waals surface area contributed by atoms with Crippen molar-refractivity contribution in [2.24, 2.45) is 5.10 Å². The maximum absolute atomic E-state index is 9.72. The minimum atomic E-state index is 0.184. The van der Waals surface area contributed by atoms with Gasteiger partial charge in [-0.05, 0) is 42.8 Å². The zero-order chi connectivity index (χ0) is 14.8. The molecule has 2 N–H and O–H groups in total. The molecule has 0 amide bonds. The lowest BCUT2D eigenvalue weighted by Crippen LogP contribution is -1.90. The van der Waals surface area contributed by atoms with Crippen LogP contribution in [-0.2, 0) is 0 Å². The molecule has 0 bridgehead atoms. The van der Waals surface area contributed by atoms with E-state index in [9.17, 15) is 5.11 Å². The average Bonchev–Trinajstić information content (AvgIpc) is 2.84. The van der Waals surface area contributed by atoms with Crippen LogP contribution in [0.5, 0.6) is 5.75 Å². The van der Waals surface area contributed by atoms with E-state index in [0.717, 1.165) is 19.8 Å². The van der Waals surface area contributed by atoms with Crippen molar-refractivity contribution >= 4 is 48.8 Å². The van der Waals surface area contributed by atoms with Gasteiger partial charge >= 0.3 is 0 Å². The highest BCUT2D eigenvalue weighted by Gasteiger charge is 2.03. The molecule has 0 aliphatic rings. The van der Waals surface area contributed by atoms with Crippen molar-refractivity contribution in [1.82, 2.24) is 4.98 Å². The average molecular weight is 362 g/mol. The number of aromatic nitrogens is 1. The fourth-order valence-electron chi connectivity index (χ4n) is 1.87. The van der Waals surface area contributed by atoms with Gasteiger partial charge in [-0.2, -0.15) is 5.10 Å². The van der Waals surface area contributed by atoms with Gasteiger partial charge in [-0.25, -0.2) is 4.98 Å². The second-order valence-corrected chi connectivity index (χ2v) is 6.51. The van der Waals surface area contributed by atoms with Gasteiger partial charge in [0.15, 0.2) is 0 Å². The summed E-state index contributed by atoms with van der Waals surface area (Å²) in [4.78, 5) is 4.45. The van der Waals surface area contributed by atoms with E-state index in [1.807, 2.05) is 12.1 Å². The van der Waals surface area contributed by atoms with E-state index in [2.05, 4.69) is 44.4 Å². The molecule has 1 heterocycles. The van der Waals surface area contributed by atoms with E-state index in [1.54, 1.807) is 35.8 Å². The summed E-state index contributed by atoms with van der Waals surface area (Å²) in [6.45, 7) is 2.06. The van der Waals surface area contributed by atoms with Crippen LogP contribution in [0.3, 0.4) is 0 Å². The number of hydrazone groups is 1. The van der Waals surface area contributed by atoms with Crippen LogP contribution >= 0.6 is 27.3 Å². The summed E-state index contributed by atoms with van der Waals surface area (Å²) in [7, 11) is 0. The maximum atomic E-state index is 9.72. The zero-order valence-corrected chi connectivity index (χ0v) is 13.6. The minimum Gasteiger partial charge on any atom is -0.507 e. The van der Waals surface area contributed by atoms with Crippen molar-refractivity contribution in [3.63, 3.8) is 0 Å². The number of benzene rings is 2. The zero-order valence-electron chi connectivity index (χ0n) is 11.2. The number of aromatic hydroxyl groups is 1. The first-order valence-corrected chi connectivity index (χ1v) is 7.87. The van der Waals surface area contributed by atoms with Gasteiger partial charge in [0.2, 0.25) is 5.13 Å². The summed E-state index contributed by atoms with van der Waals surface area (Å²) >= 11 is 4.91. The van der Waals surface area contributed by atoms with E-state index in [4.69, 9.17) is 0 Å². The van der Waals surface area contributed by atoms with Crippen LogP contribution in [0.2, 0.25) is 0 Å². The molecule has 4 nitrogen and oxygen atoms in total. The predicted molar refractivity (Wildman–Crippen MR) is 91.4 cm³/mol. The van der Waals surface area contributed by atoms with Crippen LogP contribution in [0.4, 0.5) is 5.13 Å². The number of anilines is 1. The van der Waals surface area contributed by atoms with Gasteiger partial charge in [-0.1, -0.05) is 33.3 Å². The molecule has 0 radical (unpaired) electrons. The van der Waals surface area contributed by atoms with Crippen molar-refractivity contribution < 1.29 is 5.11 Å². The lowest BCUT2D eigenvalue weighted by molar-refractivity contribution is 0.474. The number of phenols is 1. The third kappa shape index (κ3) is 3.22. The molecule has 21 heavy (non-hydrogen) atoms. The normalized spacial score (nSPS) is 11.3.